The lowest BCUT2D eigenvalue weighted by atomic mass is 9.91. The Balaban J connectivity index is 1.82. The van der Waals surface area contributed by atoms with Crippen LogP contribution in [0.2, 0.25) is 10.2 Å². The summed E-state index contributed by atoms with van der Waals surface area (Å²) < 4.78 is 1.53. The second-order valence-corrected chi connectivity index (χ2v) is 8.63. The molecule has 0 radical (unpaired) electrons. The van der Waals surface area contributed by atoms with Gasteiger partial charge in [-0.3, -0.25) is 9.59 Å². The van der Waals surface area contributed by atoms with Gasteiger partial charge in [-0.25, -0.2) is 0 Å². The molecule has 0 saturated carbocycles. The highest BCUT2D eigenvalue weighted by atomic mass is 35.5. The zero-order valence-electron chi connectivity index (χ0n) is 16.6. The van der Waals surface area contributed by atoms with Gasteiger partial charge in [-0.1, -0.05) is 43.1 Å². The number of hydrogen-bond donors (Lipinski definition) is 1. The molecule has 28 heavy (non-hydrogen) atoms. The second-order valence-electron chi connectivity index (χ2n) is 7.87. The molecule has 2 amide bonds. The number of amides is 2. The Morgan fingerprint density at radius 3 is 2.32 bits per heavy atom. The summed E-state index contributed by atoms with van der Waals surface area (Å²) in [5.41, 5.74) is 2.40. The van der Waals surface area contributed by atoms with Gasteiger partial charge in [0.25, 0.3) is 11.8 Å². The van der Waals surface area contributed by atoms with Crippen LogP contribution in [-0.2, 0) is 7.05 Å². The third-order valence-electron chi connectivity index (χ3n) is 5.24. The van der Waals surface area contributed by atoms with E-state index in [1.165, 1.54) is 10.6 Å². The number of anilines is 1. The molecule has 1 aromatic carbocycles. The van der Waals surface area contributed by atoms with Gasteiger partial charge in [0.1, 0.15) is 10.8 Å². The van der Waals surface area contributed by atoms with E-state index in [0.29, 0.717) is 39.0 Å². The van der Waals surface area contributed by atoms with Crippen molar-refractivity contribution in [2.75, 3.05) is 18.4 Å². The zero-order chi connectivity index (χ0) is 20.6. The van der Waals surface area contributed by atoms with E-state index < -0.39 is 0 Å². The van der Waals surface area contributed by atoms with Crippen LogP contribution in [0.1, 0.15) is 46.7 Å². The van der Waals surface area contributed by atoms with Crippen molar-refractivity contribution in [3.05, 3.63) is 51.3 Å². The molecule has 0 bridgehead atoms. The molecular formula is C21H25Cl2N3O2. The van der Waals surface area contributed by atoms with Crippen molar-refractivity contribution < 1.29 is 9.59 Å². The van der Waals surface area contributed by atoms with Crippen molar-refractivity contribution in [3.63, 3.8) is 0 Å². The van der Waals surface area contributed by atoms with Gasteiger partial charge in [-0.2, -0.15) is 0 Å². The number of benzene rings is 1. The third kappa shape index (κ3) is 4.20. The predicted octanol–water partition coefficient (Wildman–Crippen LogP) is 5.01. The molecule has 1 aromatic heterocycles. The van der Waals surface area contributed by atoms with Crippen LogP contribution in [0.15, 0.2) is 24.3 Å². The largest absolute Gasteiger partial charge is 0.338 e. The molecule has 1 aliphatic rings. The van der Waals surface area contributed by atoms with Crippen molar-refractivity contribution in [2.24, 2.45) is 18.9 Å². The Bertz CT molecular complexity index is 913. The summed E-state index contributed by atoms with van der Waals surface area (Å²) in [5, 5.41) is 3.50. The lowest BCUT2D eigenvalue weighted by Crippen LogP contribution is -2.42. The third-order valence-corrected chi connectivity index (χ3v) is 6.08. The number of nitrogens with zero attached hydrogens (tertiary/aromatic N) is 2. The number of hydrogen-bond acceptors (Lipinski definition) is 2. The highest BCUT2D eigenvalue weighted by Gasteiger charge is 2.26. The normalized spacial score (nSPS) is 19.6. The number of carbonyl (C=O) groups excluding carboxylic acids is 2. The van der Waals surface area contributed by atoms with E-state index in [1.807, 2.05) is 24.0 Å². The molecule has 2 unspecified atom stereocenters. The van der Waals surface area contributed by atoms with E-state index in [4.69, 9.17) is 23.2 Å². The van der Waals surface area contributed by atoms with Crippen molar-refractivity contribution in [1.82, 2.24) is 9.47 Å². The first-order chi connectivity index (χ1) is 13.2. The summed E-state index contributed by atoms with van der Waals surface area (Å²) in [6.45, 7) is 7.76. The maximum atomic E-state index is 13.0. The maximum absolute atomic E-state index is 13.0. The summed E-state index contributed by atoms with van der Waals surface area (Å²) in [6, 6.07) is 6.93. The van der Waals surface area contributed by atoms with Crippen LogP contribution in [-0.4, -0.2) is 34.4 Å². The maximum Gasteiger partial charge on any atom is 0.272 e. The monoisotopic (exact) mass is 421 g/mol. The smallest absolute Gasteiger partial charge is 0.272 e. The van der Waals surface area contributed by atoms with Crippen LogP contribution in [0.4, 0.5) is 5.69 Å². The number of halogens is 2. The number of likely N-dealkylation sites (tertiary alicyclic amines) is 1. The van der Waals surface area contributed by atoms with Crippen molar-refractivity contribution in [2.45, 2.75) is 27.2 Å². The van der Waals surface area contributed by atoms with E-state index >= 15 is 0 Å². The van der Waals surface area contributed by atoms with Crippen molar-refractivity contribution >= 4 is 40.7 Å². The Kier molecular flexibility index (Phi) is 6.06. The molecule has 5 nitrogen and oxygen atoms in total. The summed E-state index contributed by atoms with van der Waals surface area (Å²) in [7, 11) is 1.68. The summed E-state index contributed by atoms with van der Waals surface area (Å²) in [4.78, 5) is 27.6. The Morgan fingerprint density at radius 1 is 1.11 bits per heavy atom. The summed E-state index contributed by atoms with van der Waals surface area (Å²) in [6.07, 6.45) is 1.14. The van der Waals surface area contributed by atoms with Crippen LogP contribution in [0.5, 0.6) is 0 Å². The summed E-state index contributed by atoms with van der Waals surface area (Å²) >= 11 is 12.1. The minimum Gasteiger partial charge on any atom is -0.338 e. The van der Waals surface area contributed by atoms with Crippen LogP contribution in [0.3, 0.4) is 0 Å². The van der Waals surface area contributed by atoms with Gasteiger partial charge in [0.2, 0.25) is 0 Å². The molecule has 1 saturated heterocycles. The van der Waals surface area contributed by atoms with Gasteiger partial charge < -0.3 is 14.8 Å². The number of aryl methyl sites for hydroxylation is 1. The van der Waals surface area contributed by atoms with Crippen LogP contribution in [0.25, 0.3) is 0 Å². The molecule has 2 atom stereocenters. The quantitative estimate of drug-likeness (QED) is 0.756. The van der Waals surface area contributed by atoms with E-state index in [-0.39, 0.29) is 11.8 Å². The van der Waals surface area contributed by atoms with Crippen molar-refractivity contribution in [3.8, 4) is 0 Å². The molecule has 3 rings (SSSR count). The number of rotatable bonds is 3. The molecule has 2 heterocycles. The Hall–Kier alpha value is -1.98. The fourth-order valence-corrected chi connectivity index (χ4v) is 4.22. The molecule has 0 spiro atoms. The highest BCUT2D eigenvalue weighted by molar-refractivity contribution is 6.42. The molecule has 1 N–H and O–H groups in total. The number of piperidine rings is 1. The predicted molar refractivity (Wildman–Crippen MR) is 113 cm³/mol. The van der Waals surface area contributed by atoms with Gasteiger partial charge in [-0.15, -0.1) is 0 Å². The standard InChI is InChI=1S/C21H25Cl2N3O2/c1-12-7-13(2)11-26(10-12)21(28)15-6-5-14(3)17(8-15)24-20(27)18-9-16(22)19(23)25(18)4/h5-6,8-9,12-13H,7,10-11H2,1-4H3,(H,24,27). The molecule has 1 aliphatic heterocycles. The molecule has 2 aromatic rings. The number of nitrogens with one attached hydrogen (secondary N) is 1. The zero-order valence-corrected chi connectivity index (χ0v) is 18.1. The summed E-state index contributed by atoms with van der Waals surface area (Å²) in [5.74, 6) is 0.649. The van der Waals surface area contributed by atoms with Gasteiger partial charge in [0.15, 0.2) is 0 Å². The Morgan fingerprint density at radius 2 is 1.75 bits per heavy atom. The first-order valence-corrected chi connectivity index (χ1v) is 10.1. The minimum absolute atomic E-state index is 0.00106. The minimum atomic E-state index is -0.329. The molecule has 0 aliphatic carbocycles. The second kappa shape index (κ2) is 8.18. The molecule has 150 valence electrons. The molecule has 1 fully saturated rings. The first-order valence-electron chi connectivity index (χ1n) is 9.39. The van der Waals surface area contributed by atoms with E-state index in [1.54, 1.807) is 13.1 Å². The lowest BCUT2D eigenvalue weighted by molar-refractivity contribution is 0.0623. The van der Waals surface area contributed by atoms with E-state index in [2.05, 4.69) is 19.2 Å². The first kappa shape index (κ1) is 20.7. The van der Waals surface area contributed by atoms with Gasteiger partial charge in [0, 0.05) is 31.4 Å². The number of carbonyl (C=O) groups is 2. The van der Waals surface area contributed by atoms with E-state index in [9.17, 15) is 9.59 Å². The highest BCUT2D eigenvalue weighted by Crippen LogP contribution is 2.27. The van der Waals surface area contributed by atoms with E-state index in [0.717, 1.165) is 25.1 Å². The fourth-order valence-electron chi connectivity index (χ4n) is 3.85. The Labute approximate surface area is 175 Å². The fraction of sp³-hybridized carbons (Fsp3) is 0.429. The van der Waals surface area contributed by atoms with Gasteiger partial charge >= 0.3 is 0 Å². The average molecular weight is 422 g/mol. The van der Waals surface area contributed by atoms with Crippen LogP contribution in [0, 0.1) is 18.8 Å². The van der Waals surface area contributed by atoms with Crippen LogP contribution < -0.4 is 5.32 Å². The van der Waals surface area contributed by atoms with Crippen molar-refractivity contribution in [1.29, 1.82) is 0 Å². The van der Waals surface area contributed by atoms with Gasteiger partial charge in [-0.05, 0) is 48.9 Å². The van der Waals surface area contributed by atoms with Gasteiger partial charge in [0.05, 0.1) is 5.02 Å². The lowest BCUT2D eigenvalue weighted by Gasteiger charge is -2.35. The topological polar surface area (TPSA) is 54.3 Å². The van der Waals surface area contributed by atoms with Crippen LogP contribution >= 0.6 is 23.2 Å². The molecule has 7 heteroatoms. The SMILES string of the molecule is Cc1ccc(C(=O)N2CC(C)CC(C)C2)cc1NC(=O)c1cc(Cl)c(Cl)n1C. The molecular weight excluding hydrogens is 397 g/mol. The number of aromatic nitrogens is 1. The average Bonchev–Trinajstić information content (AvgIpc) is 2.89.